The molecular formula is C18H8Cl2F3N3. The molecular weight excluding hydrogens is 386 g/mol. The molecule has 4 aromatic rings. The third kappa shape index (κ3) is 2.71. The number of aromatic nitrogens is 3. The van der Waals surface area contributed by atoms with Crippen molar-refractivity contribution in [2.75, 3.05) is 0 Å². The van der Waals surface area contributed by atoms with E-state index in [1.807, 2.05) is 0 Å². The summed E-state index contributed by atoms with van der Waals surface area (Å²) in [6.45, 7) is 0. The van der Waals surface area contributed by atoms with Crippen LogP contribution >= 0.6 is 23.2 Å². The summed E-state index contributed by atoms with van der Waals surface area (Å²) in [5.41, 5.74) is 0.385. The van der Waals surface area contributed by atoms with Crippen molar-refractivity contribution in [1.82, 2.24) is 14.4 Å². The predicted octanol–water partition coefficient (Wildman–Crippen LogP) is 5.79. The summed E-state index contributed by atoms with van der Waals surface area (Å²) in [4.78, 5) is 8.15. The highest BCUT2D eigenvalue weighted by Gasteiger charge is 2.24. The highest BCUT2D eigenvalue weighted by Crippen LogP contribution is 2.40. The fourth-order valence-corrected chi connectivity index (χ4v) is 3.29. The van der Waals surface area contributed by atoms with Crippen LogP contribution in [0.5, 0.6) is 0 Å². The zero-order valence-electron chi connectivity index (χ0n) is 12.9. The van der Waals surface area contributed by atoms with Gasteiger partial charge in [-0.3, -0.25) is 4.40 Å². The maximum Gasteiger partial charge on any atom is 0.235 e. The van der Waals surface area contributed by atoms with E-state index in [0.29, 0.717) is 28.4 Å². The van der Waals surface area contributed by atoms with Gasteiger partial charge in [-0.25, -0.2) is 18.2 Å². The van der Waals surface area contributed by atoms with Gasteiger partial charge in [0.15, 0.2) is 0 Å². The molecule has 0 bridgehead atoms. The summed E-state index contributed by atoms with van der Waals surface area (Å²) >= 11 is 12.3. The molecule has 2 aromatic carbocycles. The molecule has 26 heavy (non-hydrogen) atoms. The number of benzene rings is 2. The Morgan fingerprint density at radius 3 is 2.35 bits per heavy atom. The van der Waals surface area contributed by atoms with Crippen LogP contribution in [0.4, 0.5) is 13.2 Å². The topological polar surface area (TPSA) is 30.2 Å². The van der Waals surface area contributed by atoms with Crippen LogP contribution in [-0.2, 0) is 0 Å². The van der Waals surface area contributed by atoms with Gasteiger partial charge in [-0.1, -0.05) is 35.3 Å². The number of hydrogen-bond acceptors (Lipinski definition) is 2. The van der Waals surface area contributed by atoms with Crippen molar-refractivity contribution in [3.05, 3.63) is 76.4 Å². The van der Waals surface area contributed by atoms with Gasteiger partial charge in [-0.2, -0.15) is 4.98 Å². The molecule has 0 aliphatic carbocycles. The van der Waals surface area contributed by atoms with Gasteiger partial charge < -0.3 is 0 Å². The second-order valence-electron chi connectivity index (χ2n) is 5.48. The molecule has 0 spiro atoms. The SMILES string of the molecule is Fc1cc(F)c(-c2c(Cl)nc3nccn3c2-c2cccc(Cl)c2)c(F)c1. The first-order valence-corrected chi connectivity index (χ1v) is 8.14. The zero-order chi connectivity index (χ0) is 18.4. The van der Waals surface area contributed by atoms with Gasteiger partial charge >= 0.3 is 0 Å². The molecule has 4 rings (SSSR count). The fourth-order valence-electron chi connectivity index (χ4n) is 2.84. The molecule has 3 nitrogen and oxygen atoms in total. The Morgan fingerprint density at radius 2 is 1.65 bits per heavy atom. The van der Waals surface area contributed by atoms with Gasteiger partial charge in [-0.05, 0) is 12.1 Å². The van der Waals surface area contributed by atoms with Crippen LogP contribution in [0.25, 0.3) is 28.2 Å². The molecule has 0 saturated carbocycles. The highest BCUT2D eigenvalue weighted by atomic mass is 35.5. The van der Waals surface area contributed by atoms with Crippen LogP contribution in [-0.4, -0.2) is 14.4 Å². The molecule has 0 aliphatic heterocycles. The van der Waals surface area contributed by atoms with Gasteiger partial charge in [0, 0.05) is 40.7 Å². The molecule has 2 heterocycles. The van der Waals surface area contributed by atoms with Gasteiger partial charge in [0.05, 0.1) is 11.3 Å². The summed E-state index contributed by atoms with van der Waals surface area (Å²) in [6, 6.07) is 7.87. The molecule has 0 amide bonds. The molecule has 130 valence electrons. The monoisotopic (exact) mass is 393 g/mol. The second-order valence-corrected chi connectivity index (χ2v) is 6.27. The van der Waals surface area contributed by atoms with Gasteiger partial charge in [0.1, 0.15) is 22.6 Å². The van der Waals surface area contributed by atoms with E-state index in [1.165, 1.54) is 10.6 Å². The highest BCUT2D eigenvalue weighted by molar-refractivity contribution is 6.33. The Hall–Kier alpha value is -2.57. The lowest BCUT2D eigenvalue weighted by Crippen LogP contribution is -2.03. The summed E-state index contributed by atoms with van der Waals surface area (Å²) in [5.74, 6) is -2.96. The molecule has 0 saturated heterocycles. The maximum atomic E-state index is 14.5. The molecule has 0 aliphatic rings. The summed E-state index contributed by atoms with van der Waals surface area (Å²) < 4.78 is 43.8. The number of halogens is 5. The van der Waals surface area contributed by atoms with E-state index in [0.717, 1.165) is 0 Å². The molecule has 8 heteroatoms. The van der Waals surface area contributed by atoms with Crippen LogP contribution < -0.4 is 0 Å². The molecule has 0 fully saturated rings. The summed E-state index contributed by atoms with van der Waals surface area (Å²) in [6.07, 6.45) is 3.06. The number of hydrogen-bond donors (Lipinski definition) is 0. The number of rotatable bonds is 2. The van der Waals surface area contributed by atoms with E-state index in [-0.39, 0.29) is 16.5 Å². The minimum atomic E-state index is -1.09. The largest absolute Gasteiger partial charge is 0.283 e. The minimum absolute atomic E-state index is 0.0190. The lowest BCUT2D eigenvalue weighted by molar-refractivity contribution is 0.548. The van der Waals surface area contributed by atoms with Crippen LogP contribution in [0.15, 0.2) is 48.8 Å². The van der Waals surface area contributed by atoms with Crippen molar-refractivity contribution >= 4 is 29.0 Å². The van der Waals surface area contributed by atoms with Crippen LogP contribution in [0, 0.1) is 17.5 Å². The Kier molecular flexibility index (Phi) is 4.09. The molecule has 0 N–H and O–H groups in total. The van der Waals surface area contributed by atoms with Crippen molar-refractivity contribution in [3.8, 4) is 22.4 Å². The maximum absolute atomic E-state index is 14.5. The average Bonchev–Trinajstić information content (AvgIpc) is 3.01. The van der Waals surface area contributed by atoms with Gasteiger partial charge in [0.25, 0.3) is 0 Å². The zero-order valence-corrected chi connectivity index (χ0v) is 14.4. The van der Waals surface area contributed by atoms with Gasteiger partial charge in [-0.15, -0.1) is 0 Å². The van der Waals surface area contributed by atoms with E-state index < -0.39 is 23.0 Å². The predicted molar refractivity (Wildman–Crippen MR) is 93.8 cm³/mol. The van der Waals surface area contributed by atoms with Crippen LogP contribution in [0.3, 0.4) is 0 Å². The Labute approximate surface area is 155 Å². The van der Waals surface area contributed by atoms with E-state index in [9.17, 15) is 13.2 Å². The summed E-state index contributed by atoms with van der Waals surface area (Å²) in [7, 11) is 0. The minimum Gasteiger partial charge on any atom is -0.283 e. The number of imidazole rings is 1. The van der Waals surface area contributed by atoms with Crippen molar-refractivity contribution in [2.45, 2.75) is 0 Å². The lowest BCUT2D eigenvalue weighted by Gasteiger charge is -2.15. The third-order valence-electron chi connectivity index (χ3n) is 3.86. The van der Waals surface area contributed by atoms with E-state index in [4.69, 9.17) is 23.2 Å². The van der Waals surface area contributed by atoms with E-state index >= 15 is 0 Å². The average molecular weight is 394 g/mol. The smallest absolute Gasteiger partial charge is 0.235 e. The fraction of sp³-hybridized carbons (Fsp3) is 0. The second kappa shape index (κ2) is 6.30. The molecule has 0 unspecified atom stereocenters. The summed E-state index contributed by atoms with van der Waals surface area (Å²) in [5, 5.41) is 0.262. The van der Waals surface area contributed by atoms with Crippen LogP contribution in [0.1, 0.15) is 0 Å². The van der Waals surface area contributed by atoms with E-state index in [2.05, 4.69) is 9.97 Å². The first-order valence-electron chi connectivity index (χ1n) is 7.39. The molecule has 0 radical (unpaired) electrons. The Balaban J connectivity index is 2.17. The lowest BCUT2D eigenvalue weighted by atomic mass is 9.99. The number of fused-ring (bicyclic) bond motifs is 1. The number of nitrogens with zero attached hydrogens (tertiary/aromatic N) is 3. The normalized spacial score (nSPS) is 11.3. The Bertz CT molecular complexity index is 1130. The van der Waals surface area contributed by atoms with Crippen molar-refractivity contribution < 1.29 is 13.2 Å². The molecule has 0 atom stereocenters. The van der Waals surface area contributed by atoms with Crippen LogP contribution in [0.2, 0.25) is 10.2 Å². The molecule has 2 aromatic heterocycles. The quantitative estimate of drug-likeness (QED) is 0.403. The standard InChI is InChI=1S/C18H8Cl2F3N3/c19-10-3-1-2-9(6-10)16-15(14-12(22)7-11(21)8-13(14)23)17(20)25-18-24-4-5-26(16)18/h1-8H. The van der Waals surface area contributed by atoms with Crippen molar-refractivity contribution in [2.24, 2.45) is 0 Å². The first kappa shape index (κ1) is 16.9. The Morgan fingerprint density at radius 1 is 0.923 bits per heavy atom. The van der Waals surface area contributed by atoms with Crippen molar-refractivity contribution in [1.29, 1.82) is 0 Å². The van der Waals surface area contributed by atoms with Gasteiger partial charge in [0.2, 0.25) is 5.78 Å². The van der Waals surface area contributed by atoms with Crippen molar-refractivity contribution in [3.63, 3.8) is 0 Å². The van der Waals surface area contributed by atoms with E-state index in [1.54, 1.807) is 30.5 Å². The first-order chi connectivity index (χ1) is 12.5. The third-order valence-corrected chi connectivity index (χ3v) is 4.37.